The van der Waals surface area contributed by atoms with Crippen LogP contribution in [0.4, 0.5) is 5.69 Å². The Labute approximate surface area is 168 Å². The molecular formula is C22H23N3O4. The molecule has 2 atom stereocenters. The Bertz CT molecular complexity index is 924. The lowest BCUT2D eigenvalue weighted by molar-refractivity contribution is -0.126. The van der Waals surface area contributed by atoms with Gasteiger partial charge in [-0.05, 0) is 54.8 Å². The molecule has 1 amide bonds. The molecule has 0 saturated carbocycles. The first-order valence-corrected chi connectivity index (χ1v) is 9.59. The molecule has 1 saturated heterocycles. The summed E-state index contributed by atoms with van der Waals surface area (Å²) < 4.78 is 13.6. The van der Waals surface area contributed by atoms with Crippen LogP contribution in [-0.2, 0) is 22.7 Å². The number of aliphatic hydroxyl groups is 1. The second-order valence-corrected chi connectivity index (χ2v) is 7.00. The minimum absolute atomic E-state index is 0.00366. The third kappa shape index (κ3) is 5.01. The number of nitrogens with zero attached hydrogens (tertiary/aromatic N) is 2. The molecule has 150 valence electrons. The fourth-order valence-corrected chi connectivity index (χ4v) is 3.29. The number of nitrogens with one attached hydrogen (secondary N) is 1. The van der Waals surface area contributed by atoms with Gasteiger partial charge in [0.2, 0.25) is 0 Å². The third-order valence-corrected chi connectivity index (χ3v) is 4.84. The lowest BCUT2D eigenvalue weighted by Gasteiger charge is -2.14. The lowest BCUT2D eigenvalue weighted by Crippen LogP contribution is -2.28. The van der Waals surface area contributed by atoms with E-state index in [1.807, 2.05) is 22.9 Å². The Morgan fingerprint density at radius 2 is 1.86 bits per heavy atom. The first-order valence-electron chi connectivity index (χ1n) is 9.59. The summed E-state index contributed by atoms with van der Waals surface area (Å²) in [5.74, 6) is 1.21. The van der Waals surface area contributed by atoms with Crippen molar-refractivity contribution in [1.29, 1.82) is 0 Å². The van der Waals surface area contributed by atoms with Gasteiger partial charge in [-0.25, -0.2) is 4.98 Å². The summed E-state index contributed by atoms with van der Waals surface area (Å²) >= 11 is 0. The maximum atomic E-state index is 12.5. The molecule has 1 aliphatic heterocycles. The summed E-state index contributed by atoms with van der Waals surface area (Å²) in [5.41, 5.74) is 1.52. The van der Waals surface area contributed by atoms with Crippen molar-refractivity contribution in [3.05, 3.63) is 72.8 Å². The van der Waals surface area contributed by atoms with Gasteiger partial charge in [0.05, 0.1) is 19.0 Å². The zero-order chi connectivity index (χ0) is 20.1. The Balaban J connectivity index is 1.28. The van der Waals surface area contributed by atoms with Crippen LogP contribution in [0.2, 0.25) is 0 Å². The molecule has 0 bridgehead atoms. The van der Waals surface area contributed by atoms with E-state index in [0.29, 0.717) is 30.2 Å². The van der Waals surface area contributed by atoms with E-state index >= 15 is 0 Å². The topological polar surface area (TPSA) is 85.6 Å². The summed E-state index contributed by atoms with van der Waals surface area (Å²) in [6, 6.07) is 14.4. The quantitative estimate of drug-likeness (QED) is 0.643. The van der Waals surface area contributed by atoms with Crippen molar-refractivity contribution >= 4 is 11.6 Å². The monoisotopic (exact) mass is 393 g/mol. The molecular weight excluding hydrogens is 370 g/mol. The van der Waals surface area contributed by atoms with Crippen LogP contribution in [0.3, 0.4) is 0 Å². The van der Waals surface area contributed by atoms with Crippen LogP contribution in [0.25, 0.3) is 0 Å². The van der Waals surface area contributed by atoms with Crippen LogP contribution in [0.15, 0.2) is 67.3 Å². The molecule has 29 heavy (non-hydrogen) atoms. The van der Waals surface area contributed by atoms with Crippen molar-refractivity contribution in [3.8, 4) is 11.5 Å². The summed E-state index contributed by atoms with van der Waals surface area (Å²) in [6.45, 7) is 0.707. The van der Waals surface area contributed by atoms with Gasteiger partial charge in [0.1, 0.15) is 17.6 Å². The van der Waals surface area contributed by atoms with Crippen molar-refractivity contribution in [1.82, 2.24) is 9.55 Å². The number of ether oxygens (including phenoxy) is 2. The Morgan fingerprint density at radius 3 is 2.52 bits per heavy atom. The number of amides is 1. The van der Waals surface area contributed by atoms with E-state index in [1.54, 1.807) is 48.9 Å². The lowest BCUT2D eigenvalue weighted by atomic mass is 10.2. The van der Waals surface area contributed by atoms with Crippen LogP contribution in [0.1, 0.15) is 18.4 Å². The molecule has 1 aliphatic rings. The summed E-state index contributed by atoms with van der Waals surface area (Å²) in [7, 11) is 0. The largest absolute Gasteiger partial charge is 0.457 e. The van der Waals surface area contributed by atoms with E-state index in [0.717, 1.165) is 12.0 Å². The average Bonchev–Trinajstić information content (AvgIpc) is 3.43. The predicted molar refractivity (Wildman–Crippen MR) is 108 cm³/mol. The predicted octanol–water partition coefficient (Wildman–Crippen LogP) is 3.35. The number of carbonyl (C=O) groups is 1. The van der Waals surface area contributed by atoms with Crippen LogP contribution in [-0.4, -0.2) is 32.8 Å². The van der Waals surface area contributed by atoms with Gasteiger partial charge < -0.3 is 24.5 Å². The molecule has 7 nitrogen and oxygen atoms in total. The zero-order valence-corrected chi connectivity index (χ0v) is 15.9. The van der Waals surface area contributed by atoms with E-state index in [4.69, 9.17) is 14.6 Å². The number of imidazole rings is 1. The van der Waals surface area contributed by atoms with Crippen molar-refractivity contribution < 1.29 is 19.4 Å². The number of aliphatic hydroxyl groups excluding tert-OH is 1. The van der Waals surface area contributed by atoms with E-state index in [1.165, 1.54) is 0 Å². The highest BCUT2D eigenvalue weighted by molar-refractivity contribution is 5.94. The first kappa shape index (κ1) is 19.2. The maximum Gasteiger partial charge on any atom is 0.253 e. The molecule has 1 fully saturated rings. The van der Waals surface area contributed by atoms with E-state index in [-0.39, 0.29) is 18.6 Å². The highest BCUT2D eigenvalue weighted by Crippen LogP contribution is 2.25. The number of hydrogen-bond donors (Lipinski definition) is 2. The van der Waals surface area contributed by atoms with Gasteiger partial charge in [0.15, 0.2) is 0 Å². The SMILES string of the molecule is O=C(Nc1ccc(Oc2ccc(CO)cc2)cc1)[C@@H]1CC[C@H](Cn2ccnc2)O1. The van der Waals surface area contributed by atoms with Gasteiger partial charge in [-0.3, -0.25) is 4.79 Å². The van der Waals surface area contributed by atoms with Crippen LogP contribution in [0.5, 0.6) is 11.5 Å². The number of hydrogen-bond acceptors (Lipinski definition) is 5. The fourth-order valence-electron chi connectivity index (χ4n) is 3.29. The van der Waals surface area contributed by atoms with Crippen molar-refractivity contribution in [2.75, 3.05) is 5.32 Å². The second-order valence-electron chi connectivity index (χ2n) is 7.00. The Morgan fingerprint density at radius 1 is 1.14 bits per heavy atom. The average molecular weight is 393 g/mol. The van der Waals surface area contributed by atoms with E-state index in [9.17, 15) is 4.79 Å². The van der Waals surface area contributed by atoms with Gasteiger partial charge in [-0.1, -0.05) is 12.1 Å². The summed E-state index contributed by atoms with van der Waals surface area (Å²) in [6.07, 6.45) is 6.51. The Hall–Kier alpha value is -3.16. The normalized spacial score (nSPS) is 18.5. The maximum absolute atomic E-state index is 12.5. The third-order valence-electron chi connectivity index (χ3n) is 4.84. The van der Waals surface area contributed by atoms with Crippen molar-refractivity contribution in [2.24, 2.45) is 0 Å². The second kappa shape index (κ2) is 8.89. The summed E-state index contributed by atoms with van der Waals surface area (Å²) in [4.78, 5) is 16.5. The van der Waals surface area contributed by atoms with Crippen LogP contribution >= 0.6 is 0 Å². The van der Waals surface area contributed by atoms with Gasteiger partial charge in [-0.15, -0.1) is 0 Å². The van der Waals surface area contributed by atoms with E-state index in [2.05, 4.69) is 10.3 Å². The standard InChI is InChI=1S/C22H23N3O4/c26-14-16-1-5-18(6-2-16)28-19-7-3-17(4-8-19)24-22(27)21-10-9-20(29-21)13-25-12-11-23-15-25/h1-8,11-12,15,20-21,26H,9-10,13-14H2,(H,24,27)/t20-,21+/m1/s1. The molecule has 0 unspecified atom stereocenters. The number of anilines is 1. The molecule has 0 spiro atoms. The van der Waals surface area contributed by atoms with Crippen molar-refractivity contribution in [2.45, 2.75) is 38.2 Å². The number of benzene rings is 2. The van der Waals surface area contributed by atoms with Gasteiger partial charge in [0, 0.05) is 24.6 Å². The highest BCUT2D eigenvalue weighted by atomic mass is 16.5. The van der Waals surface area contributed by atoms with Gasteiger partial charge in [0.25, 0.3) is 5.91 Å². The first-order chi connectivity index (χ1) is 14.2. The van der Waals surface area contributed by atoms with Gasteiger partial charge in [-0.2, -0.15) is 0 Å². The molecule has 7 heteroatoms. The minimum atomic E-state index is -0.440. The highest BCUT2D eigenvalue weighted by Gasteiger charge is 2.30. The number of rotatable bonds is 7. The zero-order valence-electron chi connectivity index (χ0n) is 15.9. The number of carbonyl (C=O) groups excluding carboxylic acids is 1. The molecule has 0 aliphatic carbocycles. The molecule has 2 N–H and O–H groups in total. The molecule has 2 heterocycles. The molecule has 1 aromatic heterocycles. The molecule has 0 radical (unpaired) electrons. The Kier molecular flexibility index (Phi) is 5.88. The molecule has 4 rings (SSSR count). The fraction of sp³-hybridized carbons (Fsp3) is 0.273. The van der Waals surface area contributed by atoms with Gasteiger partial charge >= 0.3 is 0 Å². The van der Waals surface area contributed by atoms with Crippen molar-refractivity contribution in [3.63, 3.8) is 0 Å². The molecule has 2 aromatic carbocycles. The summed E-state index contributed by atoms with van der Waals surface area (Å²) in [5, 5.41) is 12.0. The minimum Gasteiger partial charge on any atom is -0.457 e. The molecule has 3 aromatic rings. The van der Waals surface area contributed by atoms with Crippen LogP contribution in [0, 0.1) is 0 Å². The number of aromatic nitrogens is 2. The van der Waals surface area contributed by atoms with Crippen LogP contribution < -0.4 is 10.1 Å². The van der Waals surface area contributed by atoms with E-state index < -0.39 is 6.10 Å². The smallest absolute Gasteiger partial charge is 0.253 e.